The molecule has 4 heterocycles. The standard InChI is InChI=1S/C37H42F2N8O3/c38-31-23-26(40)7-12-33(31)45-20-18-44(19-21-45)28-8-10-30(11-9-28)50-37(49)46-16-13-27(14-17-46)42-36-41-24-32(39)35(43-36)25-4-3-5-29(22-25)47-15-2-1-6-34(47)48/h1-7,12,15,22-24,27-28,30H,8-11,13-14,16-21,40H2,(H,41,42,43)/t28-,30-. The number of amides is 1. The van der Waals surface area contributed by atoms with Crippen molar-refractivity contribution < 1.29 is 18.3 Å². The number of nitrogens with two attached hydrogens (primary N) is 1. The van der Waals surface area contributed by atoms with Crippen molar-refractivity contribution in [3.63, 3.8) is 0 Å². The number of likely N-dealkylation sites (tertiary alicyclic amines) is 1. The molecule has 3 N–H and O–H groups in total. The fourth-order valence-corrected chi connectivity index (χ4v) is 7.32. The molecule has 3 fully saturated rings. The number of hydrogen-bond acceptors (Lipinski definition) is 9. The number of nitrogens with zero attached hydrogens (tertiary/aromatic N) is 6. The van der Waals surface area contributed by atoms with Crippen LogP contribution < -0.4 is 21.5 Å². The second-order valence-corrected chi connectivity index (χ2v) is 13.3. The van der Waals surface area contributed by atoms with E-state index in [1.807, 2.05) is 0 Å². The number of carbonyl (C=O) groups is 1. The minimum atomic E-state index is -0.562. The Bertz CT molecular complexity index is 1870. The molecule has 2 aliphatic heterocycles. The van der Waals surface area contributed by atoms with Crippen molar-refractivity contribution in [3.8, 4) is 16.9 Å². The zero-order chi connectivity index (χ0) is 34.6. The lowest BCUT2D eigenvalue weighted by atomic mass is 9.91. The minimum Gasteiger partial charge on any atom is -0.446 e. The van der Waals surface area contributed by atoms with Gasteiger partial charge in [0, 0.05) is 80.6 Å². The molecular formula is C37H42F2N8O3. The van der Waals surface area contributed by atoms with Crippen LogP contribution in [0.4, 0.5) is 30.9 Å². The minimum absolute atomic E-state index is 0.0130. The Morgan fingerprint density at radius 3 is 2.38 bits per heavy atom. The Balaban J connectivity index is 0.860. The number of piperidine rings is 1. The second kappa shape index (κ2) is 14.8. The highest BCUT2D eigenvalue weighted by atomic mass is 19.1. The van der Waals surface area contributed by atoms with Crippen molar-refractivity contribution in [2.45, 2.75) is 56.7 Å². The molecule has 0 spiro atoms. The molecule has 0 radical (unpaired) electrons. The number of ether oxygens (including phenoxy) is 1. The van der Waals surface area contributed by atoms with Crippen LogP contribution in [-0.4, -0.2) is 87.9 Å². The van der Waals surface area contributed by atoms with Crippen LogP contribution in [0, 0.1) is 11.6 Å². The van der Waals surface area contributed by atoms with E-state index >= 15 is 0 Å². The van der Waals surface area contributed by atoms with Gasteiger partial charge in [-0.05, 0) is 74.9 Å². The van der Waals surface area contributed by atoms with Gasteiger partial charge in [-0.25, -0.2) is 23.5 Å². The van der Waals surface area contributed by atoms with Gasteiger partial charge in [-0.2, -0.15) is 0 Å². The fourth-order valence-electron chi connectivity index (χ4n) is 7.32. The van der Waals surface area contributed by atoms with Crippen molar-refractivity contribution in [1.29, 1.82) is 0 Å². The first kappa shape index (κ1) is 33.5. The van der Waals surface area contributed by atoms with E-state index in [-0.39, 0.29) is 35.3 Å². The van der Waals surface area contributed by atoms with Gasteiger partial charge in [0.1, 0.15) is 17.6 Å². The quantitative estimate of drug-likeness (QED) is 0.250. The van der Waals surface area contributed by atoms with E-state index in [9.17, 15) is 18.4 Å². The highest BCUT2D eigenvalue weighted by Crippen LogP contribution is 2.29. The van der Waals surface area contributed by atoms with Gasteiger partial charge in [0.05, 0.1) is 11.9 Å². The van der Waals surface area contributed by atoms with E-state index < -0.39 is 5.82 Å². The molecule has 13 heteroatoms. The summed E-state index contributed by atoms with van der Waals surface area (Å²) in [7, 11) is 0. The lowest BCUT2D eigenvalue weighted by molar-refractivity contribution is 0.0231. The van der Waals surface area contributed by atoms with Crippen LogP contribution in [0.1, 0.15) is 38.5 Å². The Hall–Kier alpha value is -5.04. The summed E-state index contributed by atoms with van der Waals surface area (Å²) in [4.78, 5) is 40.3. The van der Waals surface area contributed by atoms with Gasteiger partial charge in [0.2, 0.25) is 5.95 Å². The highest BCUT2D eigenvalue weighted by Gasteiger charge is 2.32. The summed E-state index contributed by atoms with van der Waals surface area (Å²) in [6.45, 7) is 4.34. The third-order valence-electron chi connectivity index (χ3n) is 10.1. The molecule has 1 saturated carbocycles. The zero-order valence-electron chi connectivity index (χ0n) is 27.9. The average Bonchev–Trinajstić information content (AvgIpc) is 3.13. The van der Waals surface area contributed by atoms with E-state index in [0.29, 0.717) is 60.5 Å². The summed E-state index contributed by atoms with van der Waals surface area (Å²) in [5, 5.41) is 3.31. The van der Waals surface area contributed by atoms with Gasteiger partial charge >= 0.3 is 6.09 Å². The molecule has 4 aromatic rings. The molecule has 1 amide bonds. The van der Waals surface area contributed by atoms with Crippen LogP contribution in [-0.2, 0) is 4.74 Å². The smallest absolute Gasteiger partial charge is 0.410 e. The van der Waals surface area contributed by atoms with E-state index in [0.717, 1.165) is 58.1 Å². The van der Waals surface area contributed by atoms with Crippen molar-refractivity contribution in [2.24, 2.45) is 0 Å². The van der Waals surface area contributed by atoms with E-state index in [4.69, 9.17) is 10.5 Å². The Morgan fingerprint density at radius 1 is 0.860 bits per heavy atom. The molecule has 0 unspecified atom stereocenters. The topological polar surface area (TPSA) is 122 Å². The van der Waals surface area contributed by atoms with Gasteiger partial charge < -0.3 is 25.6 Å². The number of nitrogen functional groups attached to an aromatic ring is 1. The molecule has 3 aliphatic rings. The predicted octanol–water partition coefficient (Wildman–Crippen LogP) is 5.30. The van der Waals surface area contributed by atoms with Crippen molar-refractivity contribution in [3.05, 3.63) is 95.0 Å². The molecule has 262 valence electrons. The monoisotopic (exact) mass is 684 g/mol. The Kier molecular flexibility index (Phi) is 9.92. The summed E-state index contributed by atoms with van der Waals surface area (Å²) in [5.41, 5.74) is 7.84. The van der Waals surface area contributed by atoms with Crippen molar-refractivity contribution in [1.82, 2.24) is 24.3 Å². The summed E-state index contributed by atoms with van der Waals surface area (Å²) in [6, 6.07) is 17.2. The summed E-state index contributed by atoms with van der Waals surface area (Å²) < 4.78 is 36.7. The maximum absolute atomic E-state index is 14.9. The number of piperazine rings is 1. The van der Waals surface area contributed by atoms with E-state index in [2.05, 4.69) is 25.1 Å². The maximum atomic E-state index is 14.9. The highest BCUT2D eigenvalue weighted by molar-refractivity contribution is 5.68. The first-order chi connectivity index (χ1) is 24.3. The van der Waals surface area contributed by atoms with Gasteiger partial charge in [0.25, 0.3) is 5.56 Å². The Morgan fingerprint density at radius 2 is 1.64 bits per heavy atom. The number of anilines is 3. The molecule has 7 rings (SSSR count). The van der Waals surface area contributed by atoms with Gasteiger partial charge in [-0.1, -0.05) is 18.2 Å². The first-order valence-electron chi connectivity index (χ1n) is 17.4. The van der Waals surface area contributed by atoms with Crippen LogP contribution in [0.15, 0.2) is 77.9 Å². The molecule has 0 bridgehead atoms. The summed E-state index contributed by atoms with van der Waals surface area (Å²) >= 11 is 0. The molecule has 50 heavy (non-hydrogen) atoms. The molecule has 1 aliphatic carbocycles. The van der Waals surface area contributed by atoms with E-state index in [1.54, 1.807) is 59.6 Å². The number of aromatic nitrogens is 3. The van der Waals surface area contributed by atoms with Crippen LogP contribution in [0.3, 0.4) is 0 Å². The average molecular weight is 685 g/mol. The number of carbonyl (C=O) groups excluding carboxylic acids is 1. The number of rotatable bonds is 7. The van der Waals surface area contributed by atoms with Crippen molar-refractivity contribution >= 4 is 23.4 Å². The fraction of sp³-hybridized carbons (Fsp3) is 0.405. The Labute approximate surface area is 289 Å². The van der Waals surface area contributed by atoms with Crippen LogP contribution in [0.25, 0.3) is 16.9 Å². The van der Waals surface area contributed by atoms with Gasteiger partial charge in [-0.3, -0.25) is 14.3 Å². The van der Waals surface area contributed by atoms with E-state index in [1.165, 1.54) is 16.7 Å². The third kappa shape index (κ3) is 7.57. The van der Waals surface area contributed by atoms with Gasteiger partial charge in [-0.15, -0.1) is 0 Å². The second-order valence-electron chi connectivity index (χ2n) is 13.3. The molecular weight excluding hydrogens is 642 g/mol. The number of benzene rings is 2. The van der Waals surface area contributed by atoms with Crippen LogP contribution >= 0.6 is 0 Å². The molecule has 11 nitrogen and oxygen atoms in total. The first-order valence-corrected chi connectivity index (χ1v) is 17.4. The van der Waals surface area contributed by atoms with Crippen LogP contribution in [0.5, 0.6) is 0 Å². The predicted molar refractivity (Wildman–Crippen MR) is 188 cm³/mol. The van der Waals surface area contributed by atoms with Crippen molar-refractivity contribution in [2.75, 3.05) is 55.2 Å². The molecule has 0 atom stereocenters. The number of pyridine rings is 1. The lowest BCUT2D eigenvalue weighted by Crippen LogP contribution is -2.52. The molecule has 2 aromatic carbocycles. The maximum Gasteiger partial charge on any atom is 0.410 e. The normalized spacial score (nSPS) is 20.4. The SMILES string of the molecule is Nc1ccc(N2CCN([C@H]3CC[C@H](OC(=O)N4CCC(Nc5ncc(F)c(-c6cccc(-n7ccccc7=O)c6)n5)CC4)CC3)CC2)c(F)c1. The van der Waals surface area contributed by atoms with Crippen LogP contribution in [0.2, 0.25) is 0 Å². The number of hydrogen-bond donors (Lipinski definition) is 2. The van der Waals surface area contributed by atoms with Gasteiger partial charge in [0.15, 0.2) is 5.82 Å². The molecule has 2 aromatic heterocycles. The largest absolute Gasteiger partial charge is 0.446 e. The summed E-state index contributed by atoms with van der Waals surface area (Å²) in [6.07, 6.45) is 7.39. The number of nitrogens with one attached hydrogen (secondary N) is 1. The third-order valence-corrected chi connectivity index (χ3v) is 10.1. The summed E-state index contributed by atoms with van der Waals surface area (Å²) in [5.74, 6) is -0.534. The zero-order valence-corrected chi connectivity index (χ0v) is 27.9. The lowest BCUT2D eigenvalue weighted by Gasteiger charge is -2.42. The molecule has 2 saturated heterocycles. The number of halogens is 2.